The van der Waals surface area contributed by atoms with Crippen LogP contribution in [0.5, 0.6) is 0 Å². The second-order valence-electron chi connectivity index (χ2n) is 5.84. The van der Waals surface area contributed by atoms with Gasteiger partial charge in [0.2, 0.25) is 5.78 Å². The summed E-state index contributed by atoms with van der Waals surface area (Å²) in [5.74, 6) is 4.42. The molecule has 0 aromatic heterocycles. The van der Waals surface area contributed by atoms with Crippen LogP contribution in [0.4, 0.5) is 4.39 Å². The van der Waals surface area contributed by atoms with Crippen LogP contribution in [0.25, 0.3) is 0 Å². The lowest BCUT2D eigenvalue weighted by Crippen LogP contribution is -2.60. The maximum atomic E-state index is 13.0. The number of benzene rings is 2. The number of piperazine rings is 1. The predicted molar refractivity (Wildman–Crippen MR) is 95.6 cm³/mol. The first-order valence-corrected chi connectivity index (χ1v) is 8.28. The highest BCUT2D eigenvalue weighted by Gasteiger charge is 2.29. The number of halogens is 1. The van der Waals surface area contributed by atoms with Crippen LogP contribution in [0.2, 0.25) is 0 Å². The summed E-state index contributed by atoms with van der Waals surface area (Å²) in [4.78, 5) is 24.8. The maximum Gasteiger partial charge on any atom is 0.265 e. The van der Waals surface area contributed by atoms with Gasteiger partial charge in [-0.25, -0.2) is 9.40 Å². The van der Waals surface area contributed by atoms with Crippen LogP contribution in [0, 0.1) is 17.7 Å². The molecule has 3 rings (SSSR count). The van der Waals surface area contributed by atoms with E-state index in [-0.39, 0.29) is 11.7 Å². The van der Waals surface area contributed by atoms with Gasteiger partial charge in [-0.3, -0.25) is 15.0 Å². The molecule has 1 amide bonds. The van der Waals surface area contributed by atoms with Gasteiger partial charge in [-0.15, -0.1) is 0 Å². The number of rotatable bonds is 3. The molecule has 1 aliphatic heterocycles. The van der Waals surface area contributed by atoms with E-state index in [0.717, 1.165) is 5.56 Å². The van der Waals surface area contributed by atoms with Crippen molar-refractivity contribution in [2.24, 2.45) is 0 Å². The van der Waals surface area contributed by atoms with Crippen molar-refractivity contribution >= 4 is 11.7 Å². The number of hydrogen-bond acceptors (Lipinski definition) is 4. The van der Waals surface area contributed by atoms with Crippen LogP contribution in [-0.4, -0.2) is 42.4 Å². The number of nitrogens with zero attached hydrogens (tertiary/aromatic N) is 1. The van der Waals surface area contributed by atoms with E-state index in [0.29, 0.717) is 25.2 Å². The summed E-state index contributed by atoms with van der Waals surface area (Å²) < 4.78 is 13.0. The van der Waals surface area contributed by atoms with Crippen LogP contribution < -0.4 is 10.7 Å². The molecule has 1 saturated heterocycles. The molecule has 2 aromatic rings. The molecule has 1 aliphatic rings. The minimum Gasteiger partial charge on any atom is -0.313 e. The predicted octanol–water partition coefficient (Wildman–Crippen LogP) is 1.37. The first kappa shape index (κ1) is 17.8. The molecule has 0 spiro atoms. The first-order chi connectivity index (χ1) is 12.6. The van der Waals surface area contributed by atoms with Crippen molar-refractivity contribution in [1.29, 1.82) is 0 Å². The van der Waals surface area contributed by atoms with Gasteiger partial charge >= 0.3 is 0 Å². The van der Waals surface area contributed by atoms with Crippen molar-refractivity contribution < 1.29 is 14.0 Å². The minimum atomic E-state index is -0.579. The number of carbonyl (C=O) groups is 2. The van der Waals surface area contributed by atoms with Gasteiger partial charge in [-0.1, -0.05) is 24.1 Å². The van der Waals surface area contributed by atoms with Gasteiger partial charge in [-0.2, -0.15) is 0 Å². The summed E-state index contributed by atoms with van der Waals surface area (Å²) in [6.07, 6.45) is 0. The molecule has 5 nitrogen and oxygen atoms in total. The van der Waals surface area contributed by atoms with Gasteiger partial charge in [0.05, 0.1) is 0 Å². The third kappa shape index (κ3) is 4.54. The van der Waals surface area contributed by atoms with E-state index in [1.807, 2.05) is 30.3 Å². The zero-order chi connectivity index (χ0) is 18.4. The largest absolute Gasteiger partial charge is 0.313 e. The van der Waals surface area contributed by atoms with E-state index in [1.165, 1.54) is 24.3 Å². The van der Waals surface area contributed by atoms with E-state index >= 15 is 0 Å². The van der Waals surface area contributed by atoms with Gasteiger partial charge < -0.3 is 5.32 Å². The van der Waals surface area contributed by atoms with Crippen LogP contribution in [-0.2, 0) is 4.79 Å². The number of hydrazine groups is 1. The second kappa shape index (κ2) is 8.39. The zero-order valence-corrected chi connectivity index (χ0v) is 14.0. The molecule has 26 heavy (non-hydrogen) atoms. The SMILES string of the molecule is O=C(NN1CCNCC1C(=O)C#Cc1ccccc1)c1ccc(F)cc1. The van der Waals surface area contributed by atoms with E-state index in [2.05, 4.69) is 22.6 Å². The highest BCUT2D eigenvalue weighted by Crippen LogP contribution is 2.06. The average molecular weight is 351 g/mol. The quantitative estimate of drug-likeness (QED) is 0.820. The van der Waals surface area contributed by atoms with Crippen LogP contribution >= 0.6 is 0 Å². The molecule has 1 heterocycles. The second-order valence-corrected chi connectivity index (χ2v) is 5.84. The van der Waals surface area contributed by atoms with Gasteiger partial charge in [0.15, 0.2) is 0 Å². The minimum absolute atomic E-state index is 0.277. The number of amides is 1. The topological polar surface area (TPSA) is 61.4 Å². The monoisotopic (exact) mass is 351 g/mol. The van der Waals surface area contributed by atoms with Crippen LogP contribution in [0.1, 0.15) is 15.9 Å². The lowest BCUT2D eigenvalue weighted by Gasteiger charge is -2.34. The summed E-state index contributed by atoms with van der Waals surface area (Å²) >= 11 is 0. The Morgan fingerprint density at radius 3 is 2.58 bits per heavy atom. The average Bonchev–Trinajstić information content (AvgIpc) is 2.68. The fraction of sp³-hybridized carbons (Fsp3) is 0.200. The molecular formula is C20H18FN3O2. The molecule has 2 aromatic carbocycles. The third-order valence-corrected chi connectivity index (χ3v) is 4.00. The van der Waals surface area contributed by atoms with E-state index in [4.69, 9.17) is 0 Å². The van der Waals surface area contributed by atoms with E-state index in [9.17, 15) is 14.0 Å². The van der Waals surface area contributed by atoms with Crippen LogP contribution in [0.15, 0.2) is 54.6 Å². The molecular weight excluding hydrogens is 333 g/mol. The van der Waals surface area contributed by atoms with Crippen molar-refractivity contribution in [2.75, 3.05) is 19.6 Å². The van der Waals surface area contributed by atoms with E-state index < -0.39 is 11.9 Å². The molecule has 2 N–H and O–H groups in total. The van der Waals surface area contributed by atoms with Gasteiger partial charge in [0.1, 0.15) is 11.9 Å². The normalized spacial score (nSPS) is 17.0. The Morgan fingerprint density at radius 2 is 1.85 bits per heavy atom. The number of hydrogen-bond donors (Lipinski definition) is 2. The molecule has 0 bridgehead atoms. The highest BCUT2D eigenvalue weighted by molar-refractivity contribution is 6.01. The molecule has 1 unspecified atom stereocenters. The van der Waals surface area contributed by atoms with Crippen LogP contribution in [0.3, 0.4) is 0 Å². The standard InChI is InChI=1S/C20H18FN3O2/c21-17-9-7-16(8-10-17)20(26)23-24-13-12-22-14-18(24)19(25)11-6-15-4-2-1-3-5-15/h1-5,7-10,18,22H,12-14H2,(H,23,26). The molecule has 6 heteroatoms. The van der Waals surface area contributed by atoms with Gasteiger partial charge in [-0.05, 0) is 42.3 Å². The zero-order valence-electron chi connectivity index (χ0n) is 14.0. The Balaban J connectivity index is 1.69. The van der Waals surface area contributed by atoms with Crippen molar-refractivity contribution in [2.45, 2.75) is 6.04 Å². The van der Waals surface area contributed by atoms with Gasteiger partial charge in [0.25, 0.3) is 5.91 Å². The smallest absolute Gasteiger partial charge is 0.265 e. The Morgan fingerprint density at radius 1 is 1.12 bits per heavy atom. The molecule has 1 fully saturated rings. The Bertz CT molecular complexity index is 841. The fourth-order valence-electron chi connectivity index (χ4n) is 2.61. The van der Waals surface area contributed by atoms with Crippen molar-refractivity contribution in [1.82, 2.24) is 15.8 Å². The third-order valence-electron chi connectivity index (χ3n) is 4.00. The highest BCUT2D eigenvalue weighted by atomic mass is 19.1. The number of ketones is 1. The Kier molecular flexibility index (Phi) is 5.74. The first-order valence-electron chi connectivity index (χ1n) is 8.28. The summed E-state index contributed by atoms with van der Waals surface area (Å²) in [6, 6.07) is 13.9. The molecule has 1 atom stereocenters. The Hall–Kier alpha value is -3.01. The lowest BCUT2D eigenvalue weighted by molar-refractivity contribution is -0.120. The maximum absolute atomic E-state index is 13.0. The Labute approximate surface area is 151 Å². The summed E-state index contributed by atoms with van der Waals surface area (Å²) in [5, 5.41) is 4.72. The van der Waals surface area contributed by atoms with Crippen molar-refractivity contribution in [3.05, 3.63) is 71.5 Å². The molecule has 0 radical (unpaired) electrons. The number of nitrogens with one attached hydrogen (secondary N) is 2. The molecule has 0 aliphatic carbocycles. The summed E-state index contributed by atoms with van der Waals surface area (Å²) in [6.45, 7) is 1.50. The molecule has 0 saturated carbocycles. The molecule has 132 valence electrons. The van der Waals surface area contributed by atoms with Crippen molar-refractivity contribution in [3.8, 4) is 11.8 Å². The van der Waals surface area contributed by atoms with E-state index in [1.54, 1.807) is 5.01 Å². The number of Topliss-reactive ketones (excluding diaryl/α,β-unsaturated/α-hetero) is 1. The summed E-state index contributed by atoms with van der Waals surface area (Å²) in [7, 11) is 0. The lowest BCUT2D eigenvalue weighted by atomic mass is 10.1. The van der Waals surface area contributed by atoms with Crippen molar-refractivity contribution in [3.63, 3.8) is 0 Å². The number of carbonyl (C=O) groups excluding carboxylic acids is 2. The van der Waals surface area contributed by atoms with Gasteiger partial charge in [0, 0.05) is 30.8 Å². The fourth-order valence-corrected chi connectivity index (χ4v) is 2.61. The summed E-state index contributed by atoms with van der Waals surface area (Å²) in [5.41, 5.74) is 3.81.